The Morgan fingerprint density at radius 1 is 0.969 bits per heavy atom. The molecule has 0 aliphatic carbocycles. The third-order valence-electron chi connectivity index (χ3n) is 5.22. The number of benzene rings is 2. The van der Waals surface area contributed by atoms with E-state index in [0.29, 0.717) is 33.8 Å². The zero-order valence-corrected chi connectivity index (χ0v) is 17.8. The lowest BCUT2D eigenvalue weighted by Crippen LogP contribution is -2.33. The Kier molecular flexibility index (Phi) is 5.72. The van der Waals surface area contributed by atoms with Gasteiger partial charge < -0.3 is 23.9 Å². The number of rotatable bonds is 7. The Hall–Kier alpha value is -4.01. The maximum Gasteiger partial charge on any atom is 0.275 e. The van der Waals surface area contributed by atoms with Crippen LogP contribution in [-0.2, 0) is 17.9 Å². The van der Waals surface area contributed by atoms with Gasteiger partial charge in [0, 0.05) is 12.7 Å². The van der Waals surface area contributed by atoms with Crippen LogP contribution in [0.15, 0.2) is 53.5 Å². The molecule has 2 aromatic heterocycles. The van der Waals surface area contributed by atoms with E-state index in [1.165, 1.54) is 38.0 Å². The molecule has 0 bridgehead atoms. The summed E-state index contributed by atoms with van der Waals surface area (Å²) in [6.07, 6.45) is 1.73. The molecule has 0 atom stereocenters. The van der Waals surface area contributed by atoms with Crippen molar-refractivity contribution in [3.63, 3.8) is 0 Å². The maximum atomic E-state index is 13.9. The molecule has 0 fully saturated rings. The van der Waals surface area contributed by atoms with Crippen LogP contribution in [0.4, 0.5) is 4.39 Å². The predicted molar refractivity (Wildman–Crippen MR) is 117 cm³/mol. The Bertz CT molecular complexity index is 1350. The highest BCUT2D eigenvalue weighted by Gasteiger charge is 2.16. The molecule has 166 valence electrons. The van der Waals surface area contributed by atoms with Gasteiger partial charge in [0.2, 0.25) is 11.7 Å². The van der Waals surface area contributed by atoms with Crippen molar-refractivity contribution in [3.8, 4) is 17.2 Å². The van der Waals surface area contributed by atoms with E-state index < -0.39 is 11.7 Å². The van der Waals surface area contributed by atoms with Gasteiger partial charge in [0.1, 0.15) is 17.9 Å². The number of nitrogens with zero attached hydrogens (tertiary/aromatic N) is 2. The largest absolute Gasteiger partial charge is 0.493 e. The molecule has 0 spiro atoms. The summed E-state index contributed by atoms with van der Waals surface area (Å²) in [5.74, 6) is 0.489. The van der Waals surface area contributed by atoms with E-state index in [1.807, 2.05) is 0 Å². The van der Waals surface area contributed by atoms with Crippen molar-refractivity contribution in [3.05, 3.63) is 70.4 Å². The number of amides is 1. The molecule has 9 heteroatoms. The van der Waals surface area contributed by atoms with Crippen molar-refractivity contribution < 1.29 is 23.4 Å². The van der Waals surface area contributed by atoms with Gasteiger partial charge in [-0.05, 0) is 48.0 Å². The number of carbonyl (C=O) groups is 1. The average molecular weight is 439 g/mol. The van der Waals surface area contributed by atoms with Crippen molar-refractivity contribution in [2.75, 3.05) is 21.3 Å². The molecule has 0 aliphatic rings. The number of carbonyl (C=O) groups excluding carboxylic acids is 1. The fourth-order valence-corrected chi connectivity index (χ4v) is 3.72. The van der Waals surface area contributed by atoms with Crippen molar-refractivity contribution >= 4 is 22.5 Å². The first-order valence-corrected chi connectivity index (χ1v) is 9.81. The summed E-state index contributed by atoms with van der Waals surface area (Å²) in [6.45, 7) is -0.0884. The minimum absolute atomic E-state index is 0.171. The van der Waals surface area contributed by atoms with Gasteiger partial charge >= 0.3 is 0 Å². The highest BCUT2D eigenvalue weighted by Crippen LogP contribution is 2.38. The van der Waals surface area contributed by atoms with Crippen LogP contribution < -0.4 is 25.1 Å². The van der Waals surface area contributed by atoms with Crippen molar-refractivity contribution in [1.82, 2.24) is 14.3 Å². The molecule has 0 radical (unpaired) electrons. The lowest BCUT2D eigenvalue weighted by molar-refractivity contribution is -0.121. The molecule has 2 heterocycles. The quantitative estimate of drug-likeness (QED) is 0.479. The third kappa shape index (κ3) is 3.73. The highest BCUT2D eigenvalue weighted by atomic mass is 19.1. The molecule has 1 amide bonds. The van der Waals surface area contributed by atoms with Gasteiger partial charge in [0.25, 0.3) is 5.56 Å². The summed E-state index contributed by atoms with van der Waals surface area (Å²) in [6, 6.07) is 11.0. The smallest absolute Gasteiger partial charge is 0.275 e. The minimum Gasteiger partial charge on any atom is -0.493 e. The molecule has 0 unspecified atom stereocenters. The Morgan fingerprint density at radius 2 is 1.69 bits per heavy atom. The second kappa shape index (κ2) is 8.62. The summed E-state index contributed by atoms with van der Waals surface area (Å²) in [5.41, 5.74) is 1.71. The monoisotopic (exact) mass is 439 g/mol. The van der Waals surface area contributed by atoms with Crippen LogP contribution in [-0.4, -0.2) is 36.2 Å². The summed E-state index contributed by atoms with van der Waals surface area (Å²) in [7, 11) is 4.52. The van der Waals surface area contributed by atoms with E-state index in [9.17, 15) is 14.0 Å². The second-order valence-corrected chi connectivity index (χ2v) is 7.10. The van der Waals surface area contributed by atoms with E-state index in [-0.39, 0.29) is 18.6 Å². The number of fused-ring (bicyclic) bond motifs is 3. The van der Waals surface area contributed by atoms with E-state index >= 15 is 0 Å². The summed E-state index contributed by atoms with van der Waals surface area (Å²) >= 11 is 0. The lowest BCUT2D eigenvalue weighted by atomic mass is 10.1. The fourth-order valence-electron chi connectivity index (χ4n) is 3.72. The second-order valence-electron chi connectivity index (χ2n) is 7.10. The Morgan fingerprint density at radius 3 is 2.34 bits per heavy atom. The molecule has 2 aromatic carbocycles. The number of halogens is 1. The van der Waals surface area contributed by atoms with Crippen LogP contribution in [0.25, 0.3) is 16.6 Å². The molecule has 0 aliphatic heterocycles. The number of hydrogen-bond acceptors (Lipinski definition) is 5. The van der Waals surface area contributed by atoms with E-state index in [1.54, 1.807) is 40.9 Å². The van der Waals surface area contributed by atoms with Crippen LogP contribution >= 0.6 is 0 Å². The lowest BCUT2D eigenvalue weighted by Gasteiger charge is -2.15. The van der Waals surface area contributed by atoms with Crippen molar-refractivity contribution in [2.24, 2.45) is 0 Å². The first kappa shape index (κ1) is 21.2. The van der Waals surface area contributed by atoms with Crippen LogP contribution in [0.2, 0.25) is 0 Å². The molecule has 4 rings (SSSR count). The number of nitrogens with one attached hydrogen (secondary N) is 1. The van der Waals surface area contributed by atoms with Gasteiger partial charge in [-0.25, -0.2) is 4.39 Å². The first-order valence-electron chi connectivity index (χ1n) is 9.81. The molecule has 1 N–H and O–H groups in total. The third-order valence-corrected chi connectivity index (χ3v) is 5.22. The van der Waals surface area contributed by atoms with Crippen molar-refractivity contribution in [1.29, 1.82) is 0 Å². The summed E-state index contributed by atoms with van der Waals surface area (Å²) in [5, 5.41) is 2.78. The zero-order chi connectivity index (χ0) is 22.8. The normalized spacial score (nSPS) is 11.0. The molecule has 8 nitrogen and oxygen atoms in total. The Labute approximate surface area is 182 Å². The predicted octanol–water partition coefficient (Wildman–Crippen LogP) is 2.74. The average Bonchev–Trinajstić information content (AvgIpc) is 3.29. The zero-order valence-electron chi connectivity index (χ0n) is 17.8. The minimum atomic E-state index is -0.491. The van der Waals surface area contributed by atoms with E-state index in [2.05, 4.69) is 5.32 Å². The molecule has 0 saturated carbocycles. The maximum absolute atomic E-state index is 13.9. The van der Waals surface area contributed by atoms with Gasteiger partial charge in [-0.3, -0.25) is 14.2 Å². The van der Waals surface area contributed by atoms with Crippen LogP contribution in [0.3, 0.4) is 0 Å². The molecular weight excluding hydrogens is 417 g/mol. The highest BCUT2D eigenvalue weighted by molar-refractivity contribution is 5.82. The number of aromatic nitrogens is 2. The fraction of sp³-hybridized carbons (Fsp3) is 0.217. The Balaban J connectivity index is 1.62. The van der Waals surface area contributed by atoms with Crippen molar-refractivity contribution in [2.45, 2.75) is 13.1 Å². The first-order chi connectivity index (χ1) is 15.5. The van der Waals surface area contributed by atoms with Crippen LogP contribution in [0.1, 0.15) is 5.56 Å². The topological polar surface area (TPSA) is 83.2 Å². The van der Waals surface area contributed by atoms with E-state index in [0.717, 1.165) is 5.56 Å². The van der Waals surface area contributed by atoms with Crippen LogP contribution in [0.5, 0.6) is 17.2 Å². The van der Waals surface area contributed by atoms with Crippen LogP contribution in [0, 0.1) is 5.82 Å². The number of ether oxygens (including phenoxy) is 3. The SMILES string of the molecule is COc1cc(CNC(=O)Cn2c(=O)c3cccn3c3ccc(F)cc32)cc(OC)c1OC. The number of methoxy groups -OCH3 is 3. The standard InChI is InChI=1S/C23H22FN3O5/c1-30-19-9-14(10-20(31-2)22(19)32-3)12-25-21(28)13-27-18-11-15(24)6-7-16(18)26-8-4-5-17(26)23(27)29/h4-11H,12-13H2,1-3H3,(H,25,28). The van der Waals surface area contributed by atoms with Gasteiger partial charge in [0.15, 0.2) is 11.5 Å². The molecule has 0 saturated heterocycles. The number of hydrogen-bond donors (Lipinski definition) is 1. The summed E-state index contributed by atoms with van der Waals surface area (Å²) in [4.78, 5) is 25.7. The van der Waals surface area contributed by atoms with Gasteiger partial charge in [0.05, 0.1) is 32.4 Å². The van der Waals surface area contributed by atoms with Gasteiger partial charge in [-0.15, -0.1) is 0 Å². The molecule has 32 heavy (non-hydrogen) atoms. The van der Waals surface area contributed by atoms with Gasteiger partial charge in [-0.1, -0.05) is 0 Å². The van der Waals surface area contributed by atoms with Gasteiger partial charge in [-0.2, -0.15) is 0 Å². The molecular formula is C23H22FN3O5. The molecule has 4 aromatic rings. The summed E-state index contributed by atoms with van der Waals surface area (Å²) < 4.78 is 32.8. The van der Waals surface area contributed by atoms with E-state index in [4.69, 9.17) is 14.2 Å².